The Morgan fingerprint density at radius 2 is 0.539 bits per heavy atom. The number of carbonyl (C=O) groups excluding carboxylic acids is 4. The summed E-state index contributed by atoms with van der Waals surface area (Å²) in [6.45, 7) is 7.24. The van der Waals surface area contributed by atoms with Crippen molar-refractivity contribution in [3.8, 4) is 0 Å². The summed E-state index contributed by atoms with van der Waals surface area (Å²) in [4.78, 5) is 72.4. The maximum absolute atomic E-state index is 13.0. The zero-order valence-corrected chi connectivity index (χ0v) is 59.4. The second-order valence-corrected chi connectivity index (χ2v) is 28.4. The number of aliphatic hydroxyl groups excluding tert-OH is 1. The molecule has 0 radical (unpaired) electrons. The van der Waals surface area contributed by atoms with E-state index in [1.54, 1.807) is 0 Å². The first-order valence-electron chi connectivity index (χ1n) is 36.7. The molecule has 6 atom stereocenters. The topological polar surface area (TPSA) is 237 Å². The molecule has 0 aromatic heterocycles. The van der Waals surface area contributed by atoms with Gasteiger partial charge in [-0.25, -0.2) is 9.13 Å². The molecule has 3 unspecified atom stereocenters. The Bertz CT molecular complexity index is 1720. The van der Waals surface area contributed by atoms with Crippen molar-refractivity contribution in [3.05, 3.63) is 0 Å². The SMILES string of the molecule is CCCCCCCCCCCCCCCCC(=O)OC[C@H](COP(=O)(O)OC[C@@H](O)COP(=O)(O)OC[C@@H](COC(=O)CCCCCCCCC)OC(=O)CCCCCCCCCCCCCCCC)OC(=O)CCCCCCCCCCCCC(C)CC. The molecule has 0 bridgehead atoms. The second kappa shape index (κ2) is 63.5. The van der Waals surface area contributed by atoms with Gasteiger partial charge in [-0.15, -0.1) is 0 Å². The van der Waals surface area contributed by atoms with Crippen LogP contribution in [0.25, 0.3) is 0 Å². The molecule has 528 valence electrons. The minimum Gasteiger partial charge on any atom is -0.462 e. The average molecular weight is 1310 g/mol. The van der Waals surface area contributed by atoms with Crippen molar-refractivity contribution in [3.63, 3.8) is 0 Å². The van der Waals surface area contributed by atoms with Gasteiger partial charge in [0.2, 0.25) is 0 Å². The normalized spacial score (nSPS) is 14.4. The molecule has 0 saturated heterocycles. The van der Waals surface area contributed by atoms with E-state index in [0.29, 0.717) is 25.7 Å². The standard InChI is InChI=1S/C70H136O17P2/c1-6-10-13-16-19-21-23-25-27-29-34-39-44-49-54-68(73)81-60-66(87-70(75)56-51-46-41-36-32-31-33-38-42-47-52-63(5)9-4)62-85-89(78,79)83-58-64(71)57-82-88(76,77)84-61-65(59-80-67(72)53-48-43-37-18-15-12-8-3)86-69(74)55-50-45-40-35-30-28-26-24-22-20-17-14-11-7-2/h63-66,71H,6-62H2,1-5H3,(H,76,77)(H,78,79)/t63?,64-,65+,66+/m0/s1. The number of phosphoric ester groups is 2. The van der Waals surface area contributed by atoms with Crippen molar-refractivity contribution in [1.82, 2.24) is 0 Å². The van der Waals surface area contributed by atoms with Crippen LogP contribution in [0.5, 0.6) is 0 Å². The lowest BCUT2D eigenvalue weighted by atomic mass is 9.99. The Labute approximate surface area is 543 Å². The zero-order valence-electron chi connectivity index (χ0n) is 57.6. The monoisotopic (exact) mass is 1310 g/mol. The molecular formula is C70H136O17P2. The Morgan fingerprint density at radius 3 is 0.798 bits per heavy atom. The van der Waals surface area contributed by atoms with E-state index >= 15 is 0 Å². The van der Waals surface area contributed by atoms with Gasteiger partial charge < -0.3 is 33.8 Å². The highest BCUT2D eigenvalue weighted by molar-refractivity contribution is 7.47. The summed E-state index contributed by atoms with van der Waals surface area (Å²) in [5.41, 5.74) is 0. The van der Waals surface area contributed by atoms with Gasteiger partial charge >= 0.3 is 39.5 Å². The highest BCUT2D eigenvalue weighted by Crippen LogP contribution is 2.45. The average Bonchev–Trinajstić information content (AvgIpc) is 3.73. The fraction of sp³-hybridized carbons (Fsp3) is 0.943. The maximum Gasteiger partial charge on any atom is 0.472 e. The van der Waals surface area contributed by atoms with Gasteiger partial charge in [-0.05, 0) is 31.6 Å². The molecule has 19 heteroatoms. The highest BCUT2D eigenvalue weighted by Gasteiger charge is 2.30. The number of hydrogen-bond acceptors (Lipinski definition) is 15. The van der Waals surface area contributed by atoms with Crippen molar-refractivity contribution in [2.45, 2.75) is 380 Å². The molecule has 0 aliphatic rings. The summed E-state index contributed by atoms with van der Waals surface area (Å²) < 4.78 is 68.2. The van der Waals surface area contributed by atoms with Crippen LogP contribution in [0.2, 0.25) is 0 Å². The lowest BCUT2D eigenvalue weighted by Gasteiger charge is -2.21. The van der Waals surface area contributed by atoms with Crippen molar-refractivity contribution in [2.24, 2.45) is 5.92 Å². The molecule has 0 saturated carbocycles. The second-order valence-electron chi connectivity index (χ2n) is 25.5. The molecular weight excluding hydrogens is 1170 g/mol. The molecule has 0 rings (SSSR count). The summed E-state index contributed by atoms with van der Waals surface area (Å²) in [5.74, 6) is -1.32. The van der Waals surface area contributed by atoms with Gasteiger partial charge in [-0.3, -0.25) is 37.3 Å². The first-order chi connectivity index (χ1) is 43.1. The lowest BCUT2D eigenvalue weighted by Crippen LogP contribution is -2.30. The van der Waals surface area contributed by atoms with E-state index in [-0.39, 0.29) is 25.7 Å². The number of aliphatic hydroxyl groups is 1. The largest absolute Gasteiger partial charge is 0.472 e. The van der Waals surface area contributed by atoms with Crippen LogP contribution in [0.4, 0.5) is 0 Å². The van der Waals surface area contributed by atoms with Crippen molar-refractivity contribution >= 4 is 39.5 Å². The fourth-order valence-corrected chi connectivity index (χ4v) is 12.2. The van der Waals surface area contributed by atoms with Crippen LogP contribution in [0.15, 0.2) is 0 Å². The Hall–Kier alpha value is -1.94. The molecule has 0 aromatic carbocycles. The third-order valence-electron chi connectivity index (χ3n) is 16.6. The lowest BCUT2D eigenvalue weighted by molar-refractivity contribution is -0.161. The van der Waals surface area contributed by atoms with Gasteiger partial charge in [0.15, 0.2) is 12.2 Å². The third kappa shape index (κ3) is 63.2. The van der Waals surface area contributed by atoms with Gasteiger partial charge in [0.25, 0.3) is 0 Å². The van der Waals surface area contributed by atoms with Crippen LogP contribution in [-0.4, -0.2) is 96.7 Å². The van der Waals surface area contributed by atoms with Gasteiger partial charge in [0.05, 0.1) is 26.4 Å². The molecule has 0 aromatic rings. The number of hydrogen-bond donors (Lipinski definition) is 3. The minimum absolute atomic E-state index is 0.107. The third-order valence-corrected chi connectivity index (χ3v) is 18.5. The van der Waals surface area contributed by atoms with Crippen LogP contribution in [0.1, 0.15) is 362 Å². The zero-order chi connectivity index (χ0) is 65.6. The van der Waals surface area contributed by atoms with Gasteiger partial charge in [0.1, 0.15) is 19.3 Å². The Balaban J connectivity index is 5.21. The predicted molar refractivity (Wildman–Crippen MR) is 358 cm³/mol. The number of esters is 4. The smallest absolute Gasteiger partial charge is 0.462 e. The molecule has 0 fully saturated rings. The van der Waals surface area contributed by atoms with E-state index in [1.807, 2.05) is 0 Å². The number of rotatable bonds is 70. The van der Waals surface area contributed by atoms with Crippen molar-refractivity contribution < 1.29 is 80.2 Å². The molecule has 0 spiro atoms. The molecule has 0 amide bonds. The molecule has 0 aliphatic heterocycles. The van der Waals surface area contributed by atoms with Crippen molar-refractivity contribution in [2.75, 3.05) is 39.6 Å². The van der Waals surface area contributed by atoms with E-state index in [0.717, 1.165) is 109 Å². The summed E-state index contributed by atoms with van der Waals surface area (Å²) in [6, 6.07) is 0. The first kappa shape index (κ1) is 87.1. The van der Waals surface area contributed by atoms with E-state index in [4.69, 9.17) is 37.0 Å². The number of ether oxygens (including phenoxy) is 4. The first-order valence-corrected chi connectivity index (χ1v) is 39.7. The quantitative estimate of drug-likeness (QED) is 0.0222. The van der Waals surface area contributed by atoms with E-state index in [1.165, 1.54) is 173 Å². The predicted octanol–water partition coefficient (Wildman–Crippen LogP) is 20.1. The molecule has 0 heterocycles. The van der Waals surface area contributed by atoms with Gasteiger partial charge in [-0.1, -0.05) is 311 Å². The molecule has 17 nitrogen and oxygen atoms in total. The van der Waals surface area contributed by atoms with Crippen LogP contribution in [-0.2, 0) is 65.4 Å². The summed E-state index contributed by atoms with van der Waals surface area (Å²) in [6.07, 6.45) is 49.9. The van der Waals surface area contributed by atoms with Gasteiger partial charge in [0, 0.05) is 25.7 Å². The van der Waals surface area contributed by atoms with Crippen LogP contribution < -0.4 is 0 Å². The van der Waals surface area contributed by atoms with E-state index < -0.39 is 97.5 Å². The Morgan fingerprint density at radius 1 is 0.315 bits per heavy atom. The highest BCUT2D eigenvalue weighted by atomic mass is 31.2. The fourth-order valence-electron chi connectivity index (χ4n) is 10.6. The molecule has 3 N–H and O–H groups in total. The van der Waals surface area contributed by atoms with Gasteiger partial charge in [-0.2, -0.15) is 0 Å². The minimum atomic E-state index is -4.95. The van der Waals surface area contributed by atoms with Crippen molar-refractivity contribution in [1.29, 1.82) is 0 Å². The maximum atomic E-state index is 13.0. The Kier molecular flexibility index (Phi) is 62.1. The van der Waals surface area contributed by atoms with E-state index in [2.05, 4.69) is 34.6 Å². The summed E-state index contributed by atoms with van der Waals surface area (Å²) >= 11 is 0. The molecule has 0 aliphatic carbocycles. The van der Waals surface area contributed by atoms with E-state index in [9.17, 15) is 43.2 Å². The van der Waals surface area contributed by atoms with Crippen LogP contribution >= 0.6 is 15.6 Å². The van der Waals surface area contributed by atoms with Crippen LogP contribution in [0.3, 0.4) is 0 Å². The number of carbonyl (C=O) groups is 4. The number of phosphoric acid groups is 2. The van der Waals surface area contributed by atoms with Crippen LogP contribution in [0, 0.1) is 5.92 Å². The molecule has 89 heavy (non-hydrogen) atoms. The number of unbranched alkanes of at least 4 members (excludes halogenated alkanes) is 41. The summed E-state index contributed by atoms with van der Waals surface area (Å²) in [7, 11) is -9.89. The summed E-state index contributed by atoms with van der Waals surface area (Å²) in [5, 5.41) is 10.6.